The molecule has 0 bridgehead atoms. The molecule has 1 aliphatic heterocycles. The summed E-state index contributed by atoms with van der Waals surface area (Å²) in [5.74, 6) is 3.50. The van der Waals surface area contributed by atoms with E-state index < -0.39 is 0 Å². The van der Waals surface area contributed by atoms with Crippen LogP contribution < -0.4 is 23.8 Å². The molecule has 0 N–H and O–H groups in total. The van der Waals surface area contributed by atoms with Gasteiger partial charge >= 0.3 is 0 Å². The van der Waals surface area contributed by atoms with Crippen LogP contribution in [-0.4, -0.2) is 49.9 Å². The van der Waals surface area contributed by atoms with Gasteiger partial charge in [0.25, 0.3) is 0 Å². The number of hydrogen-bond acceptors (Lipinski definition) is 6. The van der Waals surface area contributed by atoms with Gasteiger partial charge in [-0.15, -0.1) is 0 Å². The molecule has 0 unspecified atom stereocenters. The summed E-state index contributed by atoms with van der Waals surface area (Å²) in [6.07, 6.45) is 0.358. The predicted octanol–water partition coefficient (Wildman–Crippen LogP) is 4.66. The standard InChI is InChI=1S/C28H29N3O5/c1-33-20-12-13-24(34-2)23(17-20)31-18-19(16-27(31)32)28-29-21-8-4-5-9-22(21)30(28)14-15-36-26-11-7-6-10-25(26)35-3/h4-13,17,19H,14-16,18H2,1-3H3/t19-/m1/s1. The highest BCUT2D eigenvalue weighted by Gasteiger charge is 2.36. The van der Waals surface area contributed by atoms with Crippen molar-refractivity contribution in [3.8, 4) is 23.0 Å². The van der Waals surface area contributed by atoms with Crippen LogP contribution in [0.15, 0.2) is 66.7 Å². The average Bonchev–Trinajstić information content (AvgIpc) is 3.49. The van der Waals surface area contributed by atoms with E-state index in [1.807, 2.05) is 60.7 Å². The van der Waals surface area contributed by atoms with E-state index in [-0.39, 0.29) is 11.8 Å². The van der Waals surface area contributed by atoms with Gasteiger partial charge in [-0.1, -0.05) is 24.3 Å². The first-order valence-corrected chi connectivity index (χ1v) is 11.9. The molecule has 5 rings (SSSR count). The number of methoxy groups -OCH3 is 3. The largest absolute Gasteiger partial charge is 0.497 e. The van der Waals surface area contributed by atoms with E-state index in [1.54, 1.807) is 26.2 Å². The van der Waals surface area contributed by atoms with Crippen molar-refractivity contribution in [2.24, 2.45) is 0 Å². The fourth-order valence-corrected chi connectivity index (χ4v) is 4.75. The maximum Gasteiger partial charge on any atom is 0.227 e. The summed E-state index contributed by atoms with van der Waals surface area (Å²) in [6, 6.07) is 21.1. The Morgan fingerprint density at radius 3 is 2.42 bits per heavy atom. The number of amides is 1. The van der Waals surface area contributed by atoms with Crippen LogP contribution in [0.3, 0.4) is 0 Å². The fraction of sp³-hybridized carbons (Fsp3) is 0.286. The summed E-state index contributed by atoms with van der Waals surface area (Å²) >= 11 is 0. The second-order valence-corrected chi connectivity index (χ2v) is 8.55. The number of benzene rings is 3. The lowest BCUT2D eigenvalue weighted by Crippen LogP contribution is -2.25. The van der Waals surface area contributed by atoms with Crippen molar-refractivity contribution in [3.63, 3.8) is 0 Å². The Bertz CT molecular complexity index is 1380. The van der Waals surface area contributed by atoms with Gasteiger partial charge in [0.1, 0.15) is 23.9 Å². The van der Waals surface area contributed by atoms with Crippen LogP contribution in [0.2, 0.25) is 0 Å². The maximum absolute atomic E-state index is 13.2. The average molecular weight is 488 g/mol. The SMILES string of the molecule is COc1ccc(OC)c(N2C[C@H](c3nc4ccccc4n3CCOc3ccccc3OC)CC2=O)c1. The van der Waals surface area contributed by atoms with E-state index in [1.165, 1.54) is 0 Å². The topological polar surface area (TPSA) is 75.1 Å². The number of hydrogen-bond donors (Lipinski definition) is 0. The minimum atomic E-state index is -0.0768. The summed E-state index contributed by atoms with van der Waals surface area (Å²) in [4.78, 5) is 19.9. The summed E-state index contributed by atoms with van der Waals surface area (Å²) in [5, 5.41) is 0. The van der Waals surface area contributed by atoms with Gasteiger partial charge in [-0.25, -0.2) is 4.98 Å². The Morgan fingerprint density at radius 1 is 0.889 bits per heavy atom. The van der Waals surface area contributed by atoms with Gasteiger partial charge in [-0.2, -0.15) is 0 Å². The normalized spacial score (nSPS) is 15.4. The lowest BCUT2D eigenvalue weighted by Gasteiger charge is -2.20. The Morgan fingerprint density at radius 2 is 1.64 bits per heavy atom. The van der Waals surface area contributed by atoms with Crippen LogP contribution >= 0.6 is 0 Å². The third-order valence-electron chi connectivity index (χ3n) is 6.49. The van der Waals surface area contributed by atoms with Crippen LogP contribution in [0.25, 0.3) is 11.0 Å². The molecule has 0 saturated carbocycles. The molecule has 8 heteroatoms. The zero-order chi connectivity index (χ0) is 25.1. The van der Waals surface area contributed by atoms with Gasteiger partial charge in [-0.3, -0.25) is 4.79 Å². The molecule has 3 aromatic carbocycles. The minimum absolute atomic E-state index is 0.0235. The Balaban J connectivity index is 1.42. The summed E-state index contributed by atoms with van der Waals surface area (Å²) in [6.45, 7) is 1.52. The number of carbonyl (C=O) groups is 1. The van der Waals surface area contributed by atoms with Crippen molar-refractivity contribution in [3.05, 3.63) is 72.6 Å². The van der Waals surface area contributed by atoms with E-state index in [2.05, 4.69) is 10.6 Å². The molecule has 186 valence electrons. The van der Waals surface area contributed by atoms with Crippen LogP contribution in [0.5, 0.6) is 23.0 Å². The van der Waals surface area contributed by atoms with Crippen molar-refractivity contribution in [1.29, 1.82) is 0 Å². The van der Waals surface area contributed by atoms with Crippen LogP contribution in [-0.2, 0) is 11.3 Å². The third kappa shape index (κ3) is 4.42. The monoisotopic (exact) mass is 487 g/mol. The van der Waals surface area contributed by atoms with E-state index in [0.717, 1.165) is 16.9 Å². The highest BCUT2D eigenvalue weighted by atomic mass is 16.5. The number of nitrogens with zero attached hydrogens (tertiary/aromatic N) is 3. The van der Waals surface area contributed by atoms with E-state index in [4.69, 9.17) is 23.9 Å². The number of ether oxygens (including phenoxy) is 4. The lowest BCUT2D eigenvalue weighted by molar-refractivity contribution is -0.117. The third-order valence-corrected chi connectivity index (χ3v) is 6.49. The minimum Gasteiger partial charge on any atom is -0.497 e. The van der Waals surface area contributed by atoms with Gasteiger partial charge < -0.3 is 28.4 Å². The number of fused-ring (bicyclic) bond motifs is 1. The maximum atomic E-state index is 13.2. The molecule has 1 aliphatic rings. The smallest absolute Gasteiger partial charge is 0.227 e. The van der Waals surface area contributed by atoms with Gasteiger partial charge in [-0.05, 0) is 36.4 Å². The number of carbonyl (C=O) groups excluding carboxylic acids is 1. The molecule has 0 spiro atoms. The van der Waals surface area contributed by atoms with Crippen molar-refractivity contribution < 1.29 is 23.7 Å². The van der Waals surface area contributed by atoms with Gasteiger partial charge in [0.05, 0.1) is 44.6 Å². The first-order valence-electron chi connectivity index (χ1n) is 11.9. The lowest BCUT2D eigenvalue weighted by atomic mass is 10.1. The molecule has 2 heterocycles. The number of para-hydroxylation sites is 4. The first-order chi connectivity index (χ1) is 17.6. The second-order valence-electron chi connectivity index (χ2n) is 8.55. The highest BCUT2D eigenvalue weighted by Crippen LogP contribution is 2.39. The molecule has 0 radical (unpaired) electrons. The summed E-state index contributed by atoms with van der Waals surface area (Å²) in [7, 11) is 4.84. The number of anilines is 1. The van der Waals surface area contributed by atoms with E-state index in [9.17, 15) is 4.79 Å². The van der Waals surface area contributed by atoms with Crippen LogP contribution in [0.1, 0.15) is 18.2 Å². The Kier molecular flexibility index (Phi) is 6.66. The van der Waals surface area contributed by atoms with Crippen molar-refractivity contribution in [2.75, 3.05) is 39.4 Å². The molecule has 36 heavy (non-hydrogen) atoms. The van der Waals surface area contributed by atoms with Crippen molar-refractivity contribution in [1.82, 2.24) is 9.55 Å². The first kappa shape index (κ1) is 23.5. The molecule has 0 aliphatic carbocycles. The second kappa shape index (κ2) is 10.2. The van der Waals surface area contributed by atoms with Gasteiger partial charge in [0, 0.05) is 24.9 Å². The molecule has 1 fully saturated rings. The molecule has 1 aromatic heterocycles. The molecule has 4 aromatic rings. The predicted molar refractivity (Wildman–Crippen MR) is 137 cm³/mol. The van der Waals surface area contributed by atoms with Crippen molar-refractivity contribution in [2.45, 2.75) is 18.9 Å². The number of rotatable bonds is 9. The zero-order valence-corrected chi connectivity index (χ0v) is 20.6. The van der Waals surface area contributed by atoms with Gasteiger partial charge in [0.2, 0.25) is 5.91 Å². The zero-order valence-electron chi connectivity index (χ0n) is 20.6. The summed E-state index contributed by atoms with van der Waals surface area (Å²) in [5.41, 5.74) is 2.61. The fourth-order valence-electron chi connectivity index (χ4n) is 4.75. The van der Waals surface area contributed by atoms with E-state index >= 15 is 0 Å². The van der Waals surface area contributed by atoms with Crippen LogP contribution in [0.4, 0.5) is 5.69 Å². The molecule has 8 nitrogen and oxygen atoms in total. The number of aromatic nitrogens is 2. The Labute approximate surface area is 210 Å². The summed E-state index contributed by atoms with van der Waals surface area (Å²) < 4.78 is 24.5. The number of imidazole rings is 1. The van der Waals surface area contributed by atoms with Crippen LogP contribution in [0, 0.1) is 0 Å². The van der Waals surface area contributed by atoms with E-state index in [0.29, 0.717) is 54.8 Å². The quantitative estimate of drug-likeness (QED) is 0.342. The molecular formula is C28H29N3O5. The molecule has 1 saturated heterocycles. The highest BCUT2D eigenvalue weighted by molar-refractivity contribution is 5.98. The van der Waals surface area contributed by atoms with Crippen molar-refractivity contribution >= 4 is 22.6 Å². The Hall–Kier alpha value is -4.20. The molecule has 1 amide bonds. The van der Waals surface area contributed by atoms with Gasteiger partial charge in [0.15, 0.2) is 11.5 Å². The molecular weight excluding hydrogens is 458 g/mol. The molecule has 1 atom stereocenters.